The zero-order chi connectivity index (χ0) is 9.68. The van der Waals surface area contributed by atoms with E-state index in [0.29, 0.717) is 0 Å². The Kier molecular flexibility index (Phi) is 4.22. The minimum Gasteiger partial charge on any atom is -0.479 e. The molecule has 13 heavy (non-hydrogen) atoms. The quantitative estimate of drug-likeness (QED) is 0.490. The number of aliphatic carboxylic acids is 1. The van der Waals surface area contributed by atoms with Crippen LogP contribution in [0.5, 0.6) is 0 Å². The summed E-state index contributed by atoms with van der Waals surface area (Å²) in [5.74, 6) is -0.807. The maximum Gasteiger partial charge on any atom is 0.335 e. The molecule has 1 heterocycles. The van der Waals surface area contributed by atoms with Crippen molar-refractivity contribution in [1.82, 2.24) is 0 Å². The van der Waals surface area contributed by atoms with Crippen LogP contribution < -0.4 is 0 Å². The third kappa shape index (κ3) is 3.77. The highest BCUT2D eigenvalue weighted by molar-refractivity contribution is 5.75. The smallest absolute Gasteiger partial charge is 0.335 e. The van der Waals surface area contributed by atoms with Gasteiger partial charge in [-0.15, -0.1) is 0 Å². The summed E-state index contributed by atoms with van der Waals surface area (Å²) in [5, 5.41) is 8.54. The minimum atomic E-state index is -0.807. The van der Waals surface area contributed by atoms with Gasteiger partial charge in [-0.3, -0.25) is 0 Å². The van der Waals surface area contributed by atoms with E-state index in [9.17, 15) is 4.79 Å². The van der Waals surface area contributed by atoms with Crippen LogP contribution >= 0.6 is 0 Å². The van der Waals surface area contributed by atoms with Crippen molar-refractivity contribution >= 4 is 5.97 Å². The second-order valence-electron chi connectivity index (χ2n) is 3.64. The number of ether oxygens (including phenoxy) is 1. The van der Waals surface area contributed by atoms with E-state index in [1.54, 1.807) is 0 Å². The Morgan fingerprint density at radius 3 is 2.54 bits per heavy atom. The molecule has 1 N–H and O–H groups in total. The van der Waals surface area contributed by atoms with E-state index < -0.39 is 12.1 Å². The lowest BCUT2D eigenvalue weighted by Gasteiger charge is -1.96. The summed E-state index contributed by atoms with van der Waals surface area (Å²) >= 11 is 0. The summed E-state index contributed by atoms with van der Waals surface area (Å²) in [6, 6.07) is 0. The highest BCUT2D eigenvalue weighted by Gasteiger charge is 2.44. The molecule has 3 heteroatoms. The predicted octanol–water partition coefficient (Wildman–Crippen LogP) is 2.20. The van der Waals surface area contributed by atoms with Gasteiger partial charge in [0.15, 0.2) is 6.10 Å². The van der Waals surface area contributed by atoms with Crippen molar-refractivity contribution in [2.45, 2.75) is 57.7 Å². The van der Waals surface area contributed by atoms with Crippen LogP contribution in [0, 0.1) is 0 Å². The Morgan fingerprint density at radius 2 is 2.00 bits per heavy atom. The van der Waals surface area contributed by atoms with Gasteiger partial charge in [-0.2, -0.15) is 0 Å². The van der Waals surface area contributed by atoms with Gasteiger partial charge in [-0.25, -0.2) is 4.79 Å². The Balaban J connectivity index is 1.88. The predicted molar refractivity (Wildman–Crippen MR) is 49.7 cm³/mol. The average molecular weight is 186 g/mol. The molecule has 0 bridgehead atoms. The van der Waals surface area contributed by atoms with Crippen molar-refractivity contribution in [1.29, 1.82) is 0 Å². The minimum absolute atomic E-state index is 0.0131. The van der Waals surface area contributed by atoms with Crippen LogP contribution in [-0.4, -0.2) is 23.3 Å². The molecule has 1 fully saturated rings. The van der Waals surface area contributed by atoms with Gasteiger partial charge in [0.2, 0.25) is 0 Å². The molecule has 0 spiro atoms. The molecule has 0 amide bonds. The Hall–Kier alpha value is -0.570. The summed E-state index contributed by atoms with van der Waals surface area (Å²) in [6.45, 7) is 2.18. The van der Waals surface area contributed by atoms with Crippen molar-refractivity contribution in [2.75, 3.05) is 0 Å². The zero-order valence-corrected chi connectivity index (χ0v) is 8.16. The summed E-state index contributed by atoms with van der Waals surface area (Å²) < 4.78 is 4.99. The molecule has 0 aromatic heterocycles. The van der Waals surface area contributed by atoms with Crippen molar-refractivity contribution in [3.05, 3.63) is 0 Å². The molecular formula is C10H18O3. The molecule has 0 aliphatic carbocycles. The molecule has 0 saturated carbocycles. The maximum absolute atomic E-state index is 10.4. The second-order valence-corrected chi connectivity index (χ2v) is 3.64. The van der Waals surface area contributed by atoms with Crippen molar-refractivity contribution in [3.63, 3.8) is 0 Å². The van der Waals surface area contributed by atoms with Crippen molar-refractivity contribution in [3.8, 4) is 0 Å². The van der Waals surface area contributed by atoms with Crippen molar-refractivity contribution < 1.29 is 14.6 Å². The van der Waals surface area contributed by atoms with Gasteiger partial charge >= 0.3 is 5.97 Å². The van der Waals surface area contributed by atoms with E-state index >= 15 is 0 Å². The first-order chi connectivity index (χ1) is 6.25. The first-order valence-electron chi connectivity index (χ1n) is 5.14. The lowest BCUT2D eigenvalue weighted by Crippen LogP contribution is -2.07. The van der Waals surface area contributed by atoms with Gasteiger partial charge in [0, 0.05) is 0 Å². The first-order valence-corrected chi connectivity index (χ1v) is 5.14. The standard InChI is InChI=1S/C10H18O3/c1-2-3-4-5-6-7-8-9(13-8)10(11)12/h8-9H,2-7H2,1H3,(H,11,12)/t8?,9-/m0/s1. The van der Waals surface area contributed by atoms with E-state index in [1.165, 1.54) is 25.7 Å². The van der Waals surface area contributed by atoms with E-state index in [1.807, 2.05) is 0 Å². The van der Waals surface area contributed by atoms with Gasteiger partial charge in [0.1, 0.15) is 0 Å². The Morgan fingerprint density at radius 1 is 1.31 bits per heavy atom. The lowest BCUT2D eigenvalue weighted by atomic mass is 10.1. The normalized spacial score (nSPS) is 25.9. The molecule has 0 aromatic carbocycles. The fourth-order valence-corrected chi connectivity index (χ4v) is 1.53. The number of carboxylic acid groups (broad SMARTS) is 1. The third-order valence-electron chi connectivity index (χ3n) is 2.42. The van der Waals surface area contributed by atoms with E-state index in [-0.39, 0.29) is 6.10 Å². The van der Waals surface area contributed by atoms with Crippen LogP contribution in [0.25, 0.3) is 0 Å². The number of unbranched alkanes of at least 4 members (excludes halogenated alkanes) is 4. The molecule has 1 rings (SSSR count). The topological polar surface area (TPSA) is 49.8 Å². The van der Waals surface area contributed by atoms with E-state index in [4.69, 9.17) is 9.84 Å². The molecule has 1 aliphatic rings. The second kappa shape index (κ2) is 5.22. The van der Waals surface area contributed by atoms with E-state index in [2.05, 4.69) is 6.92 Å². The van der Waals surface area contributed by atoms with Gasteiger partial charge < -0.3 is 9.84 Å². The number of rotatable bonds is 7. The lowest BCUT2D eigenvalue weighted by molar-refractivity contribution is -0.138. The zero-order valence-electron chi connectivity index (χ0n) is 8.16. The van der Waals surface area contributed by atoms with Crippen LogP contribution in [-0.2, 0) is 9.53 Å². The largest absolute Gasteiger partial charge is 0.479 e. The molecule has 76 valence electrons. The van der Waals surface area contributed by atoms with Crippen LogP contribution in [0.1, 0.15) is 45.4 Å². The summed E-state index contributed by atoms with van der Waals surface area (Å²) in [7, 11) is 0. The SMILES string of the molecule is CCCCCCCC1O[C@@H]1C(=O)O. The number of hydrogen-bond donors (Lipinski definition) is 1. The maximum atomic E-state index is 10.4. The highest BCUT2D eigenvalue weighted by atomic mass is 16.6. The molecule has 1 saturated heterocycles. The number of hydrogen-bond acceptors (Lipinski definition) is 2. The van der Waals surface area contributed by atoms with Crippen LogP contribution in [0.15, 0.2) is 0 Å². The van der Waals surface area contributed by atoms with Crippen LogP contribution in [0.3, 0.4) is 0 Å². The summed E-state index contributed by atoms with van der Waals surface area (Å²) in [6.07, 6.45) is 6.55. The molecule has 1 unspecified atom stereocenters. The number of carboxylic acids is 1. The van der Waals surface area contributed by atoms with Gasteiger partial charge in [-0.1, -0.05) is 39.0 Å². The molecular weight excluding hydrogens is 168 g/mol. The summed E-state index contributed by atoms with van der Waals surface area (Å²) in [4.78, 5) is 10.4. The molecule has 0 radical (unpaired) electrons. The van der Waals surface area contributed by atoms with Gasteiger partial charge in [-0.05, 0) is 6.42 Å². The molecule has 1 aliphatic heterocycles. The first kappa shape index (κ1) is 10.5. The Bertz CT molecular complexity index is 168. The van der Waals surface area contributed by atoms with Crippen LogP contribution in [0.4, 0.5) is 0 Å². The third-order valence-corrected chi connectivity index (χ3v) is 2.42. The molecule has 0 aromatic rings. The average Bonchev–Trinajstić information content (AvgIpc) is 2.83. The highest BCUT2D eigenvalue weighted by Crippen LogP contribution is 2.27. The number of carbonyl (C=O) groups is 1. The number of epoxide rings is 1. The fraction of sp³-hybridized carbons (Fsp3) is 0.900. The summed E-state index contributed by atoms with van der Waals surface area (Å²) in [5.41, 5.74) is 0. The Labute approximate surface area is 79.1 Å². The van der Waals surface area contributed by atoms with Gasteiger partial charge in [0.25, 0.3) is 0 Å². The fourth-order valence-electron chi connectivity index (χ4n) is 1.53. The molecule has 3 nitrogen and oxygen atoms in total. The van der Waals surface area contributed by atoms with E-state index in [0.717, 1.165) is 12.8 Å². The van der Waals surface area contributed by atoms with Crippen LogP contribution in [0.2, 0.25) is 0 Å². The monoisotopic (exact) mass is 186 g/mol. The molecule has 2 atom stereocenters. The van der Waals surface area contributed by atoms with Gasteiger partial charge in [0.05, 0.1) is 6.10 Å². The van der Waals surface area contributed by atoms with Crippen molar-refractivity contribution in [2.24, 2.45) is 0 Å².